The van der Waals surface area contributed by atoms with Crippen LogP contribution in [0.25, 0.3) is 0 Å². The number of halogens is 2. The predicted octanol–water partition coefficient (Wildman–Crippen LogP) is 2.49. The molecule has 1 aromatic carbocycles. The van der Waals surface area contributed by atoms with Crippen LogP contribution in [0.15, 0.2) is 22.7 Å². The van der Waals surface area contributed by atoms with Crippen molar-refractivity contribution in [1.82, 2.24) is 5.32 Å². The van der Waals surface area contributed by atoms with Crippen molar-refractivity contribution in [2.24, 2.45) is 5.92 Å². The van der Waals surface area contributed by atoms with Gasteiger partial charge in [0, 0.05) is 6.54 Å². The molecular formula is C12H13BrFNO2. The van der Waals surface area contributed by atoms with Crippen molar-refractivity contribution in [3.8, 4) is 5.75 Å². The van der Waals surface area contributed by atoms with Crippen LogP contribution in [0.1, 0.15) is 12.8 Å². The van der Waals surface area contributed by atoms with Gasteiger partial charge in [-0.25, -0.2) is 4.39 Å². The molecule has 0 heterocycles. The van der Waals surface area contributed by atoms with E-state index >= 15 is 0 Å². The first-order valence-electron chi connectivity index (χ1n) is 5.49. The Morgan fingerprint density at radius 2 is 2.29 bits per heavy atom. The molecule has 1 fully saturated rings. The normalized spacial score (nSPS) is 14.5. The van der Waals surface area contributed by atoms with Crippen molar-refractivity contribution in [2.75, 3.05) is 13.2 Å². The van der Waals surface area contributed by atoms with Gasteiger partial charge in [-0.3, -0.25) is 4.79 Å². The number of amides is 1. The zero-order valence-corrected chi connectivity index (χ0v) is 10.8. The van der Waals surface area contributed by atoms with Crippen molar-refractivity contribution >= 4 is 21.8 Å². The van der Waals surface area contributed by atoms with Gasteiger partial charge in [0.2, 0.25) is 0 Å². The SMILES string of the molecule is O=C(COc1ccc(F)cc1Br)NCC1CC1. The molecule has 17 heavy (non-hydrogen) atoms. The van der Waals surface area contributed by atoms with Crippen LogP contribution in [0.2, 0.25) is 0 Å². The first kappa shape index (κ1) is 12.4. The highest BCUT2D eigenvalue weighted by Gasteiger charge is 2.21. The van der Waals surface area contributed by atoms with E-state index in [0.29, 0.717) is 16.1 Å². The highest BCUT2D eigenvalue weighted by molar-refractivity contribution is 9.10. The molecular weight excluding hydrogens is 289 g/mol. The summed E-state index contributed by atoms with van der Waals surface area (Å²) in [4.78, 5) is 11.4. The number of carbonyl (C=O) groups is 1. The highest BCUT2D eigenvalue weighted by atomic mass is 79.9. The molecule has 0 aliphatic heterocycles. The average molecular weight is 302 g/mol. The molecule has 1 saturated carbocycles. The topological polar surface area (TPSA) is 38.3 Å². The standard InChI is InChI=1S/C12H13BrFNO2/c13-10-5-9(14)3-4-11(10)17-7-12(16)15-6-8-1-2-8/h3-5,8H,1-2,6-7H2,(H,15,16). The van der Waals surface area contributed by atoms with Crippen molar-refractivity contribution in [2.45, 2.75) is 12.8 Å². The maximum absolute atomic E-state index is 12.8. The Morgan fingerprint density at radius 1 is 1.53 bits per heavy atom. The number of carbonyl (C=O) groups excluding carboxylic acids is 1. The highest BCUT2D eigenvalue weighted by Crippen LogP contribution is 2.27. The quantitative estimate of drug-likeness (QED) is 0.907. The van der Waals surface area contributed by atoms with Gasteiger partial charge in [-0.1, -0.05) is 0 Å². The fourth-order valence-electron chi connectivity index (χ4n) is 1.37. The Morgan fingerprint density at radius 3 is 2.94 bits per heavy atom. The summed E-state index contributed by atoms with van der Waals surface area (Å²) in [5.74, 6) is 0.625. The maximum atomic E-state index is 12.8. The molecule has 92 valence electrons. The summed E-state index contributed by atoms with van der Waals surface area (Å²) in [6.45, 7) is 0.684. The van der Waals surface area contributed by atoms with Gasteiger partial charge in [-0.2, -0.15) is 0 Å². The van der Waals surface area contributed by atoms with Crippen LogP contribution in [0, 0.1) is 11.7 Å². The van der Waals surface area contributed by atoms with Gasteiger partial charge >= 0.3 is 0 Å². The Balaban J connectivity index is 1.77. The van der Waals surface area contributed by atoms with Gasteiger partial charge in [-0.05, 0) is 52.9 Å². The Hall–Kier alpha value is -1.10. The molecule has 0 aromatic heterocycles. The van der Waals surface area contributed by atoms with Crippen molar-refractivity contribution in [3.63, 3.8) is 0 Å². The molecule has 0 spiro atoms. The van der Waals surface area contributed by atoms with E-state index in [1.165, 1.54) is 31.0 Å². The molecule has 0 atom stereocenters. The van der Waals surface area contributed by atoms with E-state index in [1.54, 1.807) is 0 Å². The maximum Gasteiger partial charge on any atom is 0.257 e. The summed E-state index contributed by atoms with van der Waals surface area (Å²) >= 11 is 3.17. The number of hydrogen-bond donors (Lipinski definition) is 1. The molecule has 1 aromatic rings. The summed E-state index contributed by atoms with van der Waals surface area (Å²) in [7, 11) is 0. The summed E-state index contributed by atoms with van der Waals surface area (Å²) in [5.41, 5.74) is 0. The zero-order valence-electron chi connectivity index (χ0n) is 9.21. The summed E-state index contributed by atoms with van der Waals surface area (Å²) in [5, 5.41) is 2.79. The number of ether oxygens (including phenoxy) is 1. The van der Waals surface area contributed by atoms with E-state index in [4.69, 9.17) is 4.74 Å². The van der Waals surface area contributed by atoms with E-state index in [-0.39, 0.29) is 18.3 Å². The molecule has 3 nitrogen and oxygen atoms in total. The fraction of sp³-hybridized carbons (Fsp3) is 0.417. The molecule has 1 aliphatic carbocycles. The molecule has 5 heteroatoms. The molecule has 1 N–H and O–H groups in total. The van der Waals surface area contributed by atoms with Gasteiger partial charge in [0.05, 0.1) is 4.47 Å². The second kappa shape index (κ2) is 5.49. The number of nitrogens with one attached hydrogen (secondary N) is 1. The molecule has 2 rings (SSSR count). The summed E-state index contributed by atoms with van der Waals surface area (Å²) in [6, 6.07) is 4.09. The Kier molecular flexibility index (Phi) is 3.99. The van der Waals surface area contributed by atoms with Gasteiger partial charge in [0.25, 0.3) is 5.91 Å². The molecule has 0 radical (unpaired) electrons. The lowest BCUT2D eigenvalue weighted by molar-refractivity contribution is -0.123. The Bertz CT molecular complexity index is 421. The second-order valence-corrected chi connectivity index (χ2v) is 4.97. The van der Waals surface area contributed by atoms with Crippen LogP contribution >= 0.6 is 15.9 Å². The predicted molar refractivity (Wildman–Crippen MR) is 65.3 cm³/mol. The minimum atomic E-state index is -0.345. The van der Waals surface area contributed by atoms with Crippen molar-refractivity contribution in [3.05, 3.63) is 28.5 Å². The summed E-state index contributed by atoms with van der Waals surface area (Å²) < 4.78 is 18.6. The minimum absolute atomic E-state index is 0.0447. The largest absolute Gasteiger partial charge is 0.483 e. The van der Waals surface area contributed by atoms with E-state index in [9.17, 15) is 9.18 Å². The van der Waals surface area contributed by atoms with E-state index in [2.05, 4.69) is 21.2 Å². The molecule has 0 bridgehead atoms. The van der Waals surface area contributed by atoms with E-state index in [0.717, 1.165) is 6.54 Å². The average Bonchev–Trinajstić information content (AvgIpc) is 3.09. The third-order valence-corrected chi connectivity index (χ3v) is 3.16. The lowest BCUT2D eigenvalue weighted by Crippen LogP contribution is -2.30. The van der Waals surface area contributed by atoms with Crippen LogP contribution in [-0.2, 0) is 4.79 Å². The third kappa shape index (κ3) is 4.00. The van der Waals surface area contributed by atoms with Crippen molar-refractivity contribution in [1.29, 1.82) is 0 Å². The van der Waals surface area contributed by atoms with E-state index in [1.807, 2.05) is 0 Å². The smallest absolute Gasteiger partial charge is 0.257 e. The first-order valence-corrected chi connectivity index (χ1v) is 6.29. The number of benzene rings is 1. The molecule has 1 aliphatic rings. The van der Waals surface area contributed by atoms with Crippen LogP contribution in [0.4, 0.5) is 4.39 Å². The van der Waals surface area contributed by atoms with Crippen LogP contribution in [0.3, 0.4) is 0 Å². The lowest BCUT2D eigenvalue weighted by Gasteiger charge is -2.08. The monoisotopic (exact) mass is 301 g/mol. The van der Waals surface area contributed by atoms with Gasteiger partial charge in [0.1, 0.15) is 11.6 Å². The number of hydrogen-bond acceptors (Lipinski definition) is 2. The summed E-state index contributed by atoms with van der Waals surface area (Å²) in [6.07, 6.45) is 2.40. The second-order valence-electron chi connectivity index (χ2n) is 4.11. The minimum Gasteiger partial charge on any atom is -0.483 e. The number of rotatable bonds is 5. The first-order chi connectivity index (χ1) is 8.15. The van der Waals surface area contributed by atoms with E-state index < -0.39 is 0 Å². The Labute approximate surface area is 107 Å². The van der Waals surface area contributed by atoms with Gasteiger partial charge < -0.3 is 10.1 Å². The van der Waals surface area contributed by atoms with Crippen LogP contribution in [0.5, 0.6) is 5.75 Å². The van der Waals surface area contributed by atoms with Crippen LogP contribution in [-0.4, -0.2) is 19.1 Å². The zero-order chi connectivity index (χ0) is 12.3. The fourth-order valence-corrected chi connectivity index (χ4v) is 1.83. The lowest BCUT2D eigenvalue weighted by atomic mass is 10.3. The molecule has 0 saturated heterocycles. The molecule has 1 amide bonds. The van der Waals surface area contributed by atoms with Gasteiger partial charge in [-0.15, -0.1) is 0 Å². The molecule has 0 unspecified atom stereocenters. The van der Waals surface area contributed by atoms with Crippen LogP contribution < -0.4 is 10.1 Å². The van der Waals surface area contributed by atoms with Crippen molar-refractivity contribution < 1.29 is 13.9 Å². The third-order valence-electron chi connectivity index (χ3n) is 2.54. The van der Waals surface area contributed by atoms with Gasteiger partial charge in [0.15, 0.2) is 6.61 Å².